The highest BCUT2D eigenvalue weighted by Crippen LogP contribution is 2.19. The molecule has 0 radical (unpaired) electrons. The predicted molar refractivity (Wildman–Crippen MR) is 81.5 cm³/mol. The third-order valence-corrected chi connectivity index (χ3v) is 2.97. The Kier molecular flexibility index (Phi) is 5.67. The van der Waals surface area contributed by atoms with Crippen molar-refractivity contribution in [1.29, 1.82) is 0 Å². The number of nitrogens with one attached hydrogen (secondary N) is 1. The van der Waals surface area contributed by atoms with Gasteiger partial charge >= 0.3 is 12.2 Å². The Morgan fingerprint density at radius 1 is 1.09 bits per heavy atom. The Balaban J connectivity index is 2.44. The molecule has 22 heavy (non-hydrogen) atoms. The van der Waals surface area contributed by atoms with Gasteiger partial charge in [-0.3, -0.25) is 0 Å². The number of ether oxygens (including phenoxy) is 2. The van der Waals surface area contributed by atoms with Gasteiger partial charge in [-0.25, -0.2) is 9.59 Å². The molecular formula is C15H28N2O5. The lowest BCUT2D eigenvalue weighted by molar-refractivity contribution is 0.0269. The van der Waals surface area contributed by atoms with E-state index in [-0.39, 0.29) is 19.0 Å². The number of rotatable bonds is 2. The third kappa shape index (κ3) is 6.51. The molecule has 128 valence electrons. The van der Waals surface area contributed by atoms with Crippen LogP contribution in [0, 0.1) is 5.92 Å². The van der Waals surface area contributed by atoms with Crippen LogP contribution >= 0.6 is 0 Å². The van der Waals surface area contributed by atoms with Gasteiger partial charge in [-0.2, -0.15) is 0 Å². The van der Waals surface area contributed by atoms with E-state index in [2.05, 4.69) is 5.32 Å². The molecule has 1 aliphatic heterocycles. The number of nitrogens with zero attached hydrogens (tertiary/aromatic N) is 1. The first-order valence-corrected chi connectivity index (χ1v) is 7.50. The molecule has 0 aromatic carbocycles. The Bertz CT molecular complexity index is 411. The van der Waals surface area contributed by atoms with Crippen molar-refractivity contribution in [2.75, 3.05) is 19.6 Å². The Morgan fingerprint density at radius 3 is 2.14 bits per heavy atom. The van der Waals surface area contributed by atoms with Crippen LogP contribution in [0.25, 0.3) is 0 Å². The summed E-state index contributed by atoms with van der Waals surface area (Å²) in [5.74, 6) is -0.236. The molecule has 7 nitrogen and oxygen atoms in total. The van der Waals surface area contributed by atoms with Crippen LogP contribution in [0.3, 0.4) is 0 Å². The molecule has 0 unspecified atom stereocenters. The van der Waals surface area contributed by atoms with E-state index in [4.69, 9.17) is 9.47 Å². The number of amides is 2. The summed E-state index contributed by atoms with van der Waals surface area (Å²) < 4.78 is 10.4. The fraction of sp³-hybridized carbons (Fsp3) is 0.867. The van der Waals surface area contributed by atoms with Crippen molar-refractivity contribution in [3.05, 3.63) is 0 Å². The minimum Gasteiger partial charge on any atom is -0.444 e. The fourth-order valence-corrected chi connectivity index (χ4v) is 2.06. The number of alkyl carbamates (subject to hydrolysis) is 1. The number of hydrogen-bond acceptors (Lipinski definition) is 5. The van der Waals surface area contributed by atoms with Gasteiger partial charge in [0.05, 0.1) is 12.6 Å². The van der Waals surface area contributed by atoms with Gasteiger partial charge in [-0.1, -0.05) is 0 Å². The molecule has 2 N–H and O–H groups in total. The zero-order valence-corrected chi connectivity index (χ0v) is 14.3. The van der Waals surface area contributed by atoms with Gasteiger partial charge in [0.15, 0.2) is 0 Å². The first kappa shape index (κ1) is 18.5. The molecule has 1 aliphatic rings. The summed E-state index contributed by atoms with van der Waals surface area (Å²) in [6, 6.07) is 0. The summed E-state index contributed by atoms with van der Waals surface area (Å²) in [6.45, 7) is 11.5. The Hall–Kier alpha value is -1.50. The van der Waals surface area contributed by atoms with E-state index in [9.17, 15) is 14.7 Å². The van der Waals surface area contributed by atoms with Gasteiger partial charge < -0.3 is 24.8 Å². The van der Waals surface area contributed by atoms with Crippen LogP contribution in [0.5, 0.6) is 0 Å². The summed E-state index contributed by atoms with van der Waals surface area (Å²) in [5.41, 5.74) is -1.14. The predicted octanol–water partition coefficient (Wildman–Crippen LogP) is 1.74. The number of hydrogen-bond donors (Lipinski definition) is 2. The monoisotopic (exact) mass is 316 g/mol. The van der Waals surface area contributed by atoms with E-state index in [1.54, 1.807) is 41.5 Å². The normalized spacial score (nSPS) is 22.4. The zero-order chi connectivity index (χ0) is 17.1. The van der Waals surface area contributed by atoms with Crippen LogP contribution in [-0.4, -0.2) is 59.1 Å². The van der Waals surface area contributed by atoms with Gasteiger partial charge in [0.2, 0.25) is 0 Å². The summed E-state index contributed by atoms with van der Waals surface area (Å²) in [5, 5.41) is 12.6. The number of aliphatic hydroxyl groups is 1. The molecule has 7 heteroatoms. The molecule has 0 bridgehead atoms. The number of aliphatic hydroxyl groups excluding tert-OH is 1. The molecule has 1 heterocycles. The average molecular weight is 316 g/mol. The van der Waals surface area contributed by atoms with Crippen LogP contribution in [0.15, 0.2) is 0 Å². The van der Waals surface area contributed by atoms with Gasteiger partial charge in [-0.15, -0.1) is 0 Å². The van der Waals surface area contributed by atoms with E-state index in [0.717, 1.165) is 0 Å². The maximum atomic E-state index is 12.0. The quantitative estimate of drug-likeness (QED) is 0.810. The summed E-state index contributed by atoms with van der Waals surface area (Å²) in [7, 11) is 0. The first-order valence-electron chi connectivity index (χ1n) is 7.50. The third-order valence-electron chi connectivity index (χ3n) is 2.97. The molecule has 0 aromatic rings. The van der Waals surface area contributed by atoms with Crippen molar-refractivity contribution >= 4 is 12.2 Å². The highest BCUT2D eigenvalue weighted by molar-refractivity contribution is 5.69. The minimum absolute atomic E-state index is 0.204. The van der Waals surface area contributed by atoms with Crippen LogP contribution in [0.1, 0.15) is 41.5 Å². The number of β-amino-alcohol motifs (C(OH)–C–C–N with tert-alkyl or cyclic N) is 1. The van der Waals surface area contributed by atoms with Crippen LogP contribution in [0.4, 0.5) is 9.59 Å². The van der Waals surface area contributed by atoms with Crippen molar-refractivity contribution in [3.8, 4) is 0 Å². The highest BCUT2D eigenvalue weighted by Gasteiger charge is 2.36. The topological polar surface area (TPSA) is 88.1 Å². The van der Waals surface area contributed by atoms with Crippen molar-refractivity contribution in [2.45, 2.75) is 58.8 Å². The van der Waals surface area contributed by atoms with E-state index in [1.807, 2.05) is 0 Å². The molecule has 1 saturated heterocycles. The Morgan fingerprint density at radius 2 is 1.64 bits per heavy atom. The van der Waals surface area contributed by atoms with E-state index >= 15 is 0 Å². The maximum absolute atomic E-state index is 12.0. The standard InChI is InChI=1S/C15H28N2O5/c1-14(2,3)21-12(19)16-7-10-8-17(9-11(10)18)13(20)22-15(4,5)6/h10-11,18H,7-9H2,1-6H3,(H,16,19)/t10-,11+/m0/s1. The van der Waals surface area contributed by atoms with Crippen LogP contribution in [0.2, 0.25) is 0 Å². The molecule has 0 saturated carbocycles. The molecule has 2 atom stereocenters. The molecule has 0 aliphatic carbocycles. The van der Waals surface area contributed by atoms with Crippen molar-refractivity contribution in [3.63, 3.8) is 0 Å². The van der Waals surface area contributed by atoms with E-state index in [1.165, 1.54) is 4.90 Å². The largest absolute Gasteiger partial charge is 0.444 e. The van der Waals surface area contributed by atoms with Gasteiger partial charge in [0, 0.05) is 19.0 Å². The lowest BCUT2D eigenvalue weighted by Crippen LogP contribution is -2.38. The summed E-state index contributed by atoms with van der Waals surface area (Å²) in [6.07, 6.45) is -1.68. The number of carbonyl (C=O) groups excluding carboxylic acids is 2. The van der Waals surface area contributed by atoms with Crippen molar-refractivity contribution < 1.29 is 24.2 Å². The smallest absolute Gasteiger partial charge is 0.410 e. The van der Waals surface area contributed by atoms with Crippen LogP contribution < -0.4 is 5.32 Å². The Labute approximate surface area is 131 Å². The lowest BCUT2D eigenvalue weighted by Gasteiger charge is -2.24. The molecule has 0 spiro atoms. The summed E-state index contributed by atoms with van der Waals surface area (Å²) >= 11 is 0. The van der Waals surface area contributed by atoms with Crippen molar-refractivity contribution in [1.82, 2.24) is 10.2 Å². The minimum atomic E-state index is -0.692. The molecule has 1 rings (SSSR count). The van der Waals surface area contributed by atoms with Gasteiger partial charge in [-0.05, 0) is 41.5 Å². The highest BCUT2D eigenvalue weighted by atomic mass is 16.6. The number of likely N-dealkylation sites (tertiary alicyclic amines) is 1. The molecule has 0 aromatic heterocycles. The molecule has 1 fully saturated rings. The summed E-state index contributed by atoms with van der Waals surface area (Å²) in [4.78, 5) is 25.0. The zero-order valence-electron chi connectivity index (χ0n) is 14.3. The molecule has 2 amide bonds. The average Bonchev–Trinajstić information content (AvgIpc) is 2.63. The van der Waals surface area contributed by atoms with Gasteiger partial charge in [0.1, 0.15) is 11.2 Å². The fourth-order valence-electron chi connectivity index (χ4n) is 2.06. The first-order chi connectivity index (χ1) is 9.87. The van der Waals surface area contributed by atoms with E-state index < -0.39 is 29.5 Å². The van der Waals surface area contributed by atoms with Gasteiger partial charge in [0.25, 0.3) is 0 Å². The maximum Gasteiger partial charge on any atom is 0.410 e. The lowest BCUT2D eigenvalue weighted by atomic mass is 10.1. The van der Waals surface area contributed by atoms with Crippen LogP contribution in [-0.2, 0) is 9.47 Å². The number of carbonyl (C=O) groups is 2. The second-order valence-electron chi connectivity index (χ2n) is 7.60. The molecular weight excluding hydrogens is 288 g/mol. The van der Waals surface area contributed by atoms with E-state index in [0.29, 0.717) is 6.54 Å². The second kappa shape index (κ2) is 6.73. The van der Waals surface area contributed by atoms with Crippen molar-refractivity contribution in [2.24, 2.45) is 5.92 Å². The SMILES string of the molecule is CC(C)(C)OC(=O)NC[C@H]1CN(C(=O)OC(C)(C)C)C[C@H]1O. The second-order valence-corrected chi connectivity index (χ2v) is 7.60.